The van der Waals surface area contributed by atoms with Crippen molar-refractivity contribution in [2.75, 3.05) is 39.3 Å². The Balaban J connectivity index is 1.21. The molecule has 0 saturated carbocycles. The average molecular weight is 1150 g/mol. The van der Waals surface area contributed by atoms with Gasteiger partial charge >= 0.3 is 0 Å². The van der Waals surface area contributed by atoms with Crippen LogP contribution in [-0.4, -0.2) is 108 Å². The van der Waals surface area contributed by atoms with Crippen molar-refractivity contribution in [3.8, 4) is 5.75 Å². The summed E-state index contributed by atoms with van der Waals surface area (Å²) in [5, 5.41) is 18.6. The van der Waals surface area contributed by atoms with Crippen molar-refractivity contribution in [2.45, 2.75) is 87.4 Å². The minimum Gasteiger partial charge on any atom is -0.505 e. The zero-order valence-corrected chi connectivity index (χ0v) is 47.6. The van der Waals surface area contributed by atoms with E-state index in [2.05, 4.69) is 80.0 Å². The second-order valence-electron chi connectivity index (χ2n) is 21.1. The Hall–Kier alpha value is -7.73. The summed E-state index contributed by atoms with van der Waals surface area (Å²) in [6.45, 7) is 2.24. The fourth-order valence-electron chi connectivity index (χ4n) is 11.4. The fourth-order valence-corrected chi connectivity index (χ4v) is 11.7. The predicted molar refractivity (Wildman–Crippen MR) is 329 cm³/mol. The highest BCUT2D eigenvalue weighted by atomic mass is 35.5. The van der Waals surface area contributed by atoms with Gasteiger partial charge in [0.05, 0.1) is 16.6 Å². The molecule has 5 atom stereocenters. The Kier molecular flexibility index (Phi) is 22.4. The minimum absolute atomic E-state index is 0.0221. The molecule has 16 nitrogen and oxygen atoms in total. The molecule has 0 radical (unpaired) electrons. The topological polar surface area (TPSA) is 255 Å². The van der Waals surface area contributed by atoms with E-state index in [1.807, 2.05) is 108 Å². The number of carbonyl (C=O) groups is 3. The summed E-state index contributed by atoms with van der Waals surface area (Å²) in [4.78, 5) is 58.9. The Morgan fingerprint density at radius 1 is 0.707 bits per heavy atom. The van der Waals surface area contributed by atoms with E-state index in [0.717, 1.165) is 22.3 Å². The quantitative estimate of drug-likeness (QED) is 0.0121. The van der Waals surface area contributed by atoms with Crippen LogP contribution in [0.2, 0.25) is 10.0 Å². The average Bonchev–Trinajstić information content (AvgIpc) is 3.76. The van der Waals surface area contributed by atoms with E-state index in [-0.39, 0.29) is 69.5 Å². The Morgan fingerprint density at radius 3 is 1.80 bits per heavy atom. The van der Waals surface area contributed by atoms with Crippen molar-refractivity contribution in [3.05, 3.63) is 213 Å². The van der Waals surface area contributed by atoms with Crippen molar-refractivity contribution >= 4 is 58.9 Å². The molecule has 2 aliphatic rings. The van der Waals surface area contributed by atoms with E-state index in [0.29, 0.717) is 89.7 Å². The summed E-state index contributed by atoms with van der Waals surface area (Å²) in [5.74, 6) is -2.37. The second-order valence-corrected chi connectivity index (χ2v) is 21.9. The lowest BCUT2D eigenvalue weighted by molar-refractivity contribution is -0.133. The van der Waals surface area contributed by atoms with Crippen LogP contribution < -0.4 is 44.4 Å². The molecule has 0 spiro atoms. The lowest BCUT2D eigenvalue weighted by atomic mass is 9.78. The molecule has 2 fully saturated rings. The lowest BCUT2D eigenvalue weighted by Gasteiger charge is -2.41. The summed E-state index contributed by atoms with van der Waals surface area (Å²) in [7, 11) is 0. The highest BCUT2D eigenvalue weighted by Crippen LogP contribution is 2.41. The molecule has 18 heteroatoms. The van der Waals surface area contributed by atoms with Gasteiger partial charge in [-0.3, -0.25) is 40.1 Å². The van der Waals surface area contributed by atoms with Gasteiger partial charge in [0, 0.05) is 69.2 Å². The maximum Gasteiger partial charge on any atom is 0.268 e. The molecule has 82 heavy (non-hydrogen) atoms. The number of aromatic hydroxyl groups is 1. The first-order valence-corrected chi connectivity index (χ1v) is 29.0. The first-order valence-electron chi connectivity index (χ1n) is 28.2. The van der Waals surface area contributed by atoms with Crippen LogP contribution in [0.5, 0.6) is 5.75 Å². The number of hydrazine groups is 1. The first kappa shape index (κ1) is 60.4. The Labute approximate surface area is 491 Å². The Bertz CT molecular complexity index is 3020. The highest BCUT2D eigenvalue weighted by Gasteiger charge is 2.41. The molecule has 8 rings (SSSR count). The minimum atomic E-state index is -0.701. The molecule has 2 aliphatic heterocycles. The molecule has 6 aromatic carbocycles. The molecule has 6 aromatic rings. The summed E-state index contributed by atoms with van der Waals surface area (Å²) in [5.41, 5.74) is 34.6. The SMILES string of the molecule is NC(N)=NCCC[C@H]1C[C@@H]([C@@H](CC(c2ccccc2)c2ccccc2)N(C(=O)c2ccc(Cl)c(Cl)c2O)C(=Cc2ccccc2)C(=O)NC[C@@H]2CCN(CC(c3ccccc3)c3ccccc3)C(=O)[C@H](CCCN=C(N)N)N2)CCNN1. The fraction of sp³-hybridized carbons (Fsp3) is 0.328. The number of nitrogens with one attached hydrogen (secondary N) is 4. The van der Waals surface area contributed by atoms with E-state index < -0.39 is 35.7 Å². The number of nitrogens with two attached hydrogens (primary N) is 4. The summed E-state index contributed by atoms with van der Waals surface area (Å²) in [6.07, 6.45) is 6.12. The number of rotatable bonds is 24. The number of carbonyl (C=O) groups excluding carboxylic acids is 3. The number of amides is 3. The van der Waals surface area contributed by atoms with Gasteiger partial charge < -0.3 is 43.6 Å². The largest absolute Gasteiger partial charge is 0.505 e. The molecule has 0 bridgehead atoms. The molecule has 0 aliphatic carbocycles. The Morgan fingerprint density at radius 2 is 1.24 bits per heavy atom. The van der Waals surface area contributed by atoms with Gasteiger partial charge in [0.25, 0.3) is 11.8 Å². The molecular weight excluding hydrogens is 1070 g/mol. The van der Waals surface area contributed by atoms with E-state index in [9.17, 15) is 9.90 Å². The first-order chi connectivity index (χ1) is 39.8. The van der Waals surface area contributed by atoms with Crippen LogP contribution in [0.4, 0.5) is 0 Å². The van der Waals surface area contributed by atoms with Crippen LogP contribution in [0, 0.1) is 5.92 Å². The second kappa shape index (κ2) is 30.4. The van der Waals surface area contributed by atoms with E-state index in [1.54, 1.807) is 11.0 Å². The maximum absolute atomic E-state index is 16.2. The van der Waals surface area contributed by atoms with Crippen molar-refractivity contribution in [2.24, 2.45) is 38.8 Å². The lowest BCUT2D eigenvalue weighted by Crippen LogP contribution is -2.51. The third kappa shape index (κ3) is 16.7. The van der Waals surface area contributed by atoms with E-state index in [4.69, 9.17) is 46.1 Å². The number of hydrogen-bond donors (Lipinski definition) is 9. The van der Waals surface area contributed by atoms with E-state index >= 15 is 9.59 Å². The normalized spacial score (nSPS) is 18.0. The smallest absolute Gasteiger partial charge is 0.268 e. The zero-order chi connectivity index (χ0) is 57.8. The van der Waals surface area contributed by atoms with Gasteiger partial charge in [0.1, 0.15) is 16.5 Å². The number of benzene rings is 6. The number of hydrogen-bond acceptors (Lipinski definition) is 9. The van der Waals surface area contributed by atoms with Gasteiger partial charge in [-0.05, 0) is 103 Å². The molecule has 430 valence electrons. The summed E-state index contributed by atoms with van der Waals surface area (Å²) >= 11 is 13.2. The van der Waals surface area contributed by atoms with Gasteiger partial charge in [-0.15, -0.1) is 0 Å². The number of halogens is 2. The molecule has 2 heterocycles. The number of aliphatic imine (C=N–C) groups is 2. The molecule has 2 saturated heterocycles. The van der Waals surface area contributed by atoms with Crippen molar-refractivity contribution in [3.63, 3.8) is 0 Å². The third-order valence-corrected chi connectivity index (χ3v) is 16.3. The predicted octanol–water partition coefficient (Wildman–Crippen LogP) is 8.26. The van der Waals surface area contributed by atoms with Crippen molar-refractivity contribution in [1.82, 2.24) is 31.3 Å². The van der Waals surface area contributed by atoms with Crippen molar-refractivity contribution < 1.29 is 19.5 Å². The number of guanidine groups is 2. The van der Waals surface area contributed by atoms with E-state index in [1.165, 1.54) is 12.1 Å². The van der Waals surface area contributed by atoms with Crippen LogP contribution in [0.3, 0.4) is 0 Å². The van der Waals surface area contributed by atoms with Crippen LogP contribution in [0.1, 0.15) is 101 Å². The molecule has 0 unspecified atom stereocenters. The van der Waals surface area contributed by atoms with Gasteiger partial charge in [0.2, 0.25) is 5.91 Å². The van der Waals surface area contributed by atoms with Crippen LogP contribution in [-0.2, 0) is 9.59 Å². The molecular formula is C64H76Cl2N12O4. The molecule has 13 N–H and O–H groups in total. The number of phenolic OH excluding ortho intramolecular Hbond substituents is 1. The summed E-state index contributed by atoms with van der Waals surface area (Å²) < 4.78 is 0. The molecule has 3 amide bonds. The van der Waals surface area contributed by atoms with Crippen LogP contribution in [0.25, 0.3) is 6.08 Å². The monoisotopic (exact) mass is 1150 g/mol. The van der Waals surface area contributed by atoms with Crippen molar-refractivity contribution in [1.29, 1.82) is 0 Å². The number of phenols is 1. The summed E-state index contributed by atoms with van der Waals surface area (Å²) in [6, 6.07) is 51.2. The van der Waals surface area contributed by atoms with Gasteiger partial charge in [-0.1, -0.05) is 175 Å². The number of nitrogens with zero attached hydrogens (tertiary/aromatic N) is 4. The zero-order valence-electron chi connectivity index (χ0n) is 46.1. The van der Waals surface area contributed by atoms with Crippen LogP contribution in [0.15, 0.2) is 179 Å². The van der Waals surface area contributed by atoms with Gasteiger partial charge in [0.15, 0.2) is 11.9 Å². The standard InChI is InChI=1S/C64H76Cl2N12O4/c65-54-31-30-51(59(79)58(54)66)61(81)78(56(48-32-36-74-76-49(39-48)28-16-34-71-63(67)68)40-52(44-20-8-2-9-21-44)45-22-10-3-11-23-45)57(38-43-18-6-1-7-19-43)60(80)73-41-50-33-37-77(62(82)55(75-50)29-17-35-72-64(69)70)42-53(46-24-12-4-13-25-46)47-26-14-5-15-27-47/h1-15,18-27,30-31,38,48-50,52-53,55-56,74-76,79H,16-17,28-29,32-37,39-42H2,(H,73,80)(H4,67,68,71)(H4,69,70,72)/t48-,49-,50-,55-,56+/m0/s1. The maximum atomic E-state index is 16.2. The van der Waals surface area contributed by atoms with Crippen LogP contribution >= 0.6 is 23.2 Å². The highest BCUT2D eigenvalue weighted by molar-refractivity contribution is 6.43. The van der Waals surface area contributed by atoms with Gasteiger partial charge in [-0.25, -0.2) is 0 Å². The third-order valence-electron chi connectivity index (χ3n) is 15.5. The van der Waals surface area contributed by atoms with Gasteiger partial charge in [-0.2, -0.15) is 0 Å². The molecule has 0 aromatic heterocycles.